The lowest BCUT2D eigenvalue weighted by Crippen LogP contribution is -2.55. The Kier molecular flexibility index (Phi) is 39.9. The molecule has 101 heavy (non-hydrogen) atoms. The van der Waals surface area contributed by atoms with Gasteiger partial charge in [0.05, 0.1) is 57.2 Å². The zero-order valence-electron chi connectivity index (χ0n) is 57.6. The van der Waals surface area contributed by atoms with Crippen LogP contribution in [0.2, 0.25) is 0 Å². The van der Waals surface area contributed by atoms with Crippen molar-refractivity contribution in [3.63, 3.8) is 0 Å². The van der Waals surface area contributed by atoms with Crippen LogP contribution in [0.25, 0.3) is 0 Å². The van der Waals surface area contributed by atoms with Crippen LogP contribution in [0.5, 0.6) is 0 Å². The van der Waals surface area contributed by atoms with Crippen molar-refractivity contribution in [1.29, 1.82) is 0 Å². The Morgan fingerprint density at radius 1 is 0.475 bits per heavy atom. The highest BCUT2D eigenvalue weighted by Crippen LogP contribution is 2.61. The van der Waals surface area contributed by atoms with E-state index in [1.54, 1.807) is 0 Å². The molecule has 11 rings (SSSR count). The molecule has 5 saturated heterocycles. The third-order valence-corrected chi connectivity index (χ3v) is 23.4. The second-order valence-corrected chi connectivity index (χ2v) is 31.5. The van der Waals surface area contributed by atoms with Crippen molar-refractivity contribution >= 4 is 59.7 Å². The molecule has 11 aliphatic rings. The van der Waals surface area contributed by atoms with Gasteiger partial charge in [0.2, 0.25) is 0 Å². The molecule has 0 radical (unpaired) electrons. The molecule has 5 heterocycles. The first-order valence-electron chi connectivity index (χ1n) is 33.8. The number of hydrogen-bond donors (Lipinski definition) is 0. The normalized spacial score (nSPS) is 33.3. The van der Waals surface area contributed by atoms with E-state index < -0.39 is 49.7 Å². The van der Waals surface area contributed by atoms with E-state index in [1.807, 2.05) is 132 Å². The summed E-state index contributed by atoms with van der Waals surface area (Å²) in [7, 11) is 0. The van der Waals surface area contributed by atoms with Gasteiger partial charge >= 0.3 is 59.7 Å². The maximum atomic E-state index is 12.3. The van der Waals surface area contributed by atoms with Gasteiger partial charge in [0, 0.05) is 37.5 Å². The first kappa shape index (κ1) is 104. The Morgan fingerprint density at radius 3 is 1.48 bits per heavy atom. The van der Waals surface area contributed by atoms with E-state index in [1.165, 1.54) is 0 Å². The van der Waals surface area contributed by atoms with Crippen molar-refractivity contribution in [3.05, 3.63) is 0 Å². The maximum Gasteiger partial charge on any atom is 0.312 e. The van der Waals surface area contributed by atoms with Crippen LogP contribution in [-0.4, -0.2) is 118 Å². The van der Waals surface area contributed by atoms with Crippen LogP contribution >= 0.6 is 0 Å². The fourth-order valence-corrected chi connectivity index (χ4v) is 14.0. The molecule has 18 atom stereocenters. The van der Waals surface area contributed by atoms with Crippen LogP contribution in [0, 0.1) is 69.0 Å². The predicted octanol–water partition coefficient (Wildman–Crippen LogP) is 18.7. The highest BCUT2D eigenvalue weighted by atomic mass is 16.6. The highest BCUT2D eigenvalue weighted by Gasteiger charge is 2.69. The quantitative estimate of drug-likeness (QED) is 0.109. The van der Waals surface area contributed by atoms with Crippen LogP contribution in [-0.2, 0) is 95.3 Å². The Balaban J connectivity index is -0.000000370. The van der Waals surface area contributed by atoms with Crippen LogP contribution in [0.1, 0.15) is 335 Å². The molecule has 0 spiro atoms. The zero-order valence-corrected chi connectivity index (χ0v) is 57.6. The highest BCUT2D eigenvalue weighted by molar-refractivity contribution is 5.81. The molecule has 6 aliphatic carbocycles. The van der Waals surface area contributed by atoms with Gasteiger partial charge in [-0.25, -0.2) is 0 Å². The number of hydrogen-bond acceptors (Lipinski definition) is 20. The van der Waals surface area contributed by atoms with Crippen LogP contribution in [0.15, 0.2) is 0 Å². The second-order valence-electron chi connectivity index (χ2n) is 31.5. The summed E-state index contributed by atoms with van der Waals surface area (Å²) in [5.74, 6) is -0.991. The van der Waals surface area contributed by atoms with E-state index >= 15 is 0 Å². The molecule has 11 fully saturated rings. The van der Waals surface area contributed by atoms with E-state index in [-0.39, 0.29) is 219 Å². The summed E-state index contributed by atoms with van der Waals surface area (Å²) in [6.07, 6.45) is 12.9. The third-order valence-electron chi connectivity index (χ3n) is 23.4. The van der Waals surface area contributed by atoms with Gasteiger partial charge in [-0.3, -0.25) is 47.9 Å². The van der Waals surface area contributed by atoms with E-state index in [2.05, 4.69) is 0 Å². The maximum absolute atomic E-state index is 12.3. The zero-order chi connectivity index (χ0) is 67.3. The minimum absolute atomic E-state index is 0. The Labute approximate surface area is 615 Å². The molecule has 0 aromatic rings. The number of rotatable bonds is 15. The molecular formula is C81H152O20. The largest absolute Gasteiger partial charge is 0.458 e. The Morgan fingerprint density at radius 2 is 0.941 bits per heavy atom. The number of ether oxygens (including phenoxy) is 10. The first-order valence-corrected chi connectivity index (χ1v) is 33.8. The summed E-state index contributed by atoms with van der Waals surface area (Å²) in [4.78, 5) is 118. The van der Waals surface area contributed by atoms with E-state index in [9.17, 15) is 47.9 Å². The monoisotopic (exact) mass is 1450 g/mol. The van der Waals surface area contributed by atoms with Crippen molar-refractivity contribution in [3.8, 4) is 0 Å². The lowest BCUT2D eigenvalue weighted by Gasteiger charge is -2.45. The molecule has 5 aliphatic heterocycles. The molecular weight excluding hydrogens is 1290 g/mol. The first-order chi connectivity index (χ1) is 41.6. The van der Waals surface area contributed by atoms with Gasteiger partial charge in [-0.05, 0) is 186 Å². The number of fused-ring (bicyclic) bond motifs is 9. The molecule has 20 heteroatoms. The Hall–Kier alpha value is -5.30. The molecule has 0 aromatic heterocycles. The molecule has 0 amide bonds. The summed E-state index contributed by atoms with van der Waals surface area (Å²) in [6.45, 7) is 36.2. The summed E-state index contributed by atoms with van der Waals surface area (Å²) in [5.41, 5.74) is -5.15. The lowest BCUT2D eigenvalue weighted by atomic mass is 9.71. The van der Waals surface area contributed by atoms with Gasteiger partial charge in [-0.15, -0.1) is 0 Å². The fraction of sp³-hybridized carbons (Fsp3) is 0.877. The van der Waals surface area contributed by atoms with Crippen molar-refractivity contribution in [1.82, 2.24) is 0 Å². The molecule has 0 aromatic carbocycles. The van der Waals surface area contributed by atoms with Gasteiger partial charge in [0.1, 0.15) is 58.5 Å². The van der Waals surface area contributed by atoms with Crippen molar-refractivity contribution in [2.75, 3.05) is 0 Å². The molecule has 596 valence electrons. The summed E-state index contributed by atoms with van der Waals surface area (Å²) in [6, 6.07) is 0. The summed E-state index contributed by atoms with van der Waals surface area (Å²) < 4.78 is 55.3. The molecule has 6 saturated carbocycles. The Bertz CT molecular complexity index is 2750. The SMILES string of the molecule is C.C.C.C.C.C.C.C.C.C.C.CCC(C)(C)C(=O)OC1(C)CCC2CC1(C)OC2=O.CCC(C)(C)C(=O)OC1(C)CCC2CC1OC2=O.CCC(C)(C)C(=O)OC1CCC2CC1(C)OC2=O.CCC(C)(C)C(=O)OC1CCC2CC1OC2=O.CCC(C)C(=O)OC1(C)C2CC3C(=O)OC1C3C2. The average Bonchev–Trinajstić information content (AvgIpc) is 1.55. The number of carbonyl (C=O) groups excluding carboxylic acids is 10. The van der Waals surface area contributed by atoms with E-state index in [0.29, 0.717) is 38.5 Å². The smallest absolute Gasteiger partial charge is 0.312 e. The molecule has 0 N–H and O–H groups in total. The molecule has 20 nitrogen and oxygen atoms in total. The standard InChI is InChI=1S/C15H24O4.C14H20O4.2C14H22O4.C13H20O4.11CH4/c1-6-13(2,3)12(17)19-14(4)8-7-10-9-15(14,5)18-11(10)16;1-4-7(2)12(15)18-14(3)8-5-9-10(6-8)13(16)17-11(9)14;1-5-13(2,3)12(16)18-14(4)7-6-9-8-10(14)17-11(9)15;1-5-13(2,3)12(16)17-10-7-6-9-8-14(10,4)18-11(9)15;1-4-13(2,3)12(15)17-9-6-5-8-7-10(9)16-11(8)14;;;;;;;;;;;/h10H,6-9H2,1-5H3;7-11H,4-6H2,1-3H3;2*9-10H,5-8H2,1-4H3;8-10H,4-7H2,1-3H3;11*1H4. The van der Waals surface area contributed by atoms with E-state index in [4.69, 9.17) is 47.4 Å². The molecule has 18 unspecified atom stereocenters. The lowest BCUT2D eigenvalue weighted by molar-refractivity contribution is -0.204. The summed E-state index contributed by atoms with van der Waals surface area (Å²) in [5, 5.41) is 0. The second kappa shape index (κ2) is 38.6. The van der Waals surface area contributed by atoms with Gasteiger partial charge in [-0.1, -0.05) is 123 Å². The fourth-order valence-electron chi connectivity index (χ4n) is 14.0. The van der Waals surface area contributed by atoms with Crippen molar-refractivity contribution in [2.24, 2.45) is 69.0 Å². The van der Waals surface area contributed by atoms with Gasteiger partial charge < -0.3 is 47.4 Å². The minimum Gasteiger partial charge on any atom is -0.458 e. The van der Waals surface area contributed by atoms with Crippen LogP contribution in [0.3, 0.4) is 0 Å². The number of carbonyl (C=O) groups is 10. The van der Waals surface area contributed by atoms with Crippen molar-refractivity contribution < 1.29 is 95.3 Å². The predicted molar refractivity (Wildman–Crippen MR) is 401 cm³/mol. The summed E-state index contributed by atoms with van der Waals surface area (Å²) >= 11 is 0. The third kappa shape index (κ3) is 21.5. The average molecular weight is 1450 g/mol. The van der Waals surface area contributed by atoms with Gasteiger partial charge in [0.15, 0.2) is 0 Å². The van der Waals surface area contributed by atoms with Crippen molar-refractivity contribution in [2.45, 2.75) is 394 Å². The molecule has 10 bridgehead atoms. The van der Waals surface area contributed by atoms with E-state index in [0.717, 1.165) is 83.5 Å². The van der Waals surface area contributed by atoms with Gasteiger partial charge in [0.25, 0.3) is 0 Å². The van der Waals surface area contributed by atoms with Gasteiger partial charge in [-0.2, -0.15) is 0 Å². The van der Waals surface area contributed by atoms with Crippen LogP contribution in [0.4, 0.5) is 0 Å². The topological polar surface area (TPSA) is 263 Å². The van der Waals surface area contributed by atoms with Crippen LogP contribution < -0.4 is 0 Å². The minimum atomic E-state index is -0.709. The number of esters is 10.